The molecule has 2 amide bonds. The molecule has 0 atom stereocenters. The SMILES string of the molecule is Cc1ccc(-c2cc(COC(=O)CN3C(=O)c4ccccc4C3=O)no2)cc1. The molecule has 4 rings (SSSR count). The van der Waals surface area contributed by atoms with Gasteiger partial charge >= 0.3 is 5.97 Å². The minimum Gasteiger partial charge on any atom is -0.458 e. The molecule has 0 aliphatic carbocycles. The molecule has 0 saturated carbocycles. The third-order valence-corrected chi connectivity index (χ3v) is 4.44. The number of benzene rings is 2. The zero-order valence-electron chi connectivity index (χ0n) is 15.0. The summed E-state index contributed by atoms with van der Waals surface area (Å²) in [5.74, 6) is -1.14. The molecule has 1 aromatic heterocycles. The molecule has 0 unspecified atom stereocenters. The molecule has 0 fully saturated rings. The van der Waals surface area contributed by atoms with Gasteiger partial charge in [0.2, 0.25) is 0 Å². The van der Waals surface area contributed by atoms with Gasteiger partial charge in [0, 0.05) is 11.6 Å². The summed E-state index contributed by atoms with van der Waals surface area (Å²) < 4.78 is 10.4. The van der Waals surface area contributed by atoms with Crippen LogP contribution in [0.15, 0.2) is 59.1 Å². The zero-order chi connectivity index (χ0) is 19.7. The van der Waals surface area contributed by atoms with Crippen molar-refractivity contribution in [3.63, 3.8) is 0 Å². The summed E-state index contributed by atoms with van der Waals surface area (Å²) in [6, 6.07) is 15.9. The first-order valence-corrected chi connectivity index (χ1v) is 8.66. The summed E-state index contributed by atoms with van der Waals surface area (Å²) in [6.45, 7) is 1.43. The van der Waals surface area contributed by atoms with Crippen molar-refractivity contribution in [3.05, 3.63) is 77.0 Å². The van der Waals surface area contributed by atoms with Crippen LogP contribution in [0, 0.1) is 6.92 Å². The summed E-state index contributed by atoms with van der Waals surface area (Å²) in [5.41, 5.74) is 3.01. The Labute approximate surface area is 160 Å². The van der Waals surface area contributed by atoms with Gasteiger partial charge in [-0.15, -0.1) is 0 Å². The van der Waals surface area contributed by atoms with E-state index in [0.29, 0.717) is 22.6 Å². The molecule has 0 saturated heterocycles. The Bertz CT molecular complexity index is 1030. The fourth-order valence-corrected chi connectivity index (χ4v) is 2.95. The first-order chi connectivity index (χ1) is 13.5. The number of carbonyl (C=O) groups is 3. The van der Waals surface area contributed by atoms with Crippen LogP contribution in [-0.4, -0.2) is 34.4 Å². The average molecular weight is 376 g/mol. The number of imide groups is 1. The summed E-state index contributed by atoms with van der Waals surface area (Å²) >= 11 is 0. The normalized spacial score (nSPS) is 13.0. The minimum atomic E-state index is -0.700. The largest absolute Gasteiger partial charge is 0.458 e. The molecule has 0 radical (unpaired) electrons. The van der Waals surface area contributed by atoms with Crippen molar-refractivity contribution in [3.8, 4) is 11.3 Å². The minimum absolute atomic E-state index is 0.114. The highest BCUT2D eigenvalue weighted by atomic mass is 16.5. The van der Waals surface area contributed by atoms with E-state index in [2.05, 4.69) is 5.16 Å². The number of rotatable bonds is 5. The number of aromatic nitrogens is 1. The van der Waals surface area contributed by atoms with Gasteiger partial charge in [0.1, 0.15) is 18.8 Å². The lowest BCUT2D eigenvalue weighted by atomic mass is 10.1. The predicted octanol–water partition coefficient (Wildman–Crippen LogP) is 2.99. The Morgan fingerprint density at radius 1 is 1.04 bits per heavy atom. The van der Waals surface area contributed by atoms with Gasteiger partial charge < -0.3 is 9.26 Å². The van der Waals surface area contributed by atoms with Gasteiger partial charge in [0.25, 0.3) is 11.8 Å². The summed E-state index contributed by atoms with van der Waals surface area (Å²) in [4.78, 5) is 37.5. The molecular formula is C21H16N2O5. The van der Waals surface area contributed by atoms with E-state index < -0.39 is 24.3 Å². The standard InChI is InChI=1S/C21H16N2O5/c1-13-6-8-14(9-7-13)18-10-15(22-28-18)12-27-19(24)11-23-20(25)16-4-2-3-5-17(16)21(23)26/h2-10H,11-12H2,1H3. The lowest BCUT2D eigenvalue weighted by molar-refractivity contribution is -0.145. The van der Waals surface area contributed by atoms with E-state index in [1.165, 1.54) is 0 Å². The lowest BCUT2D eigenvalue weighted by Crippen LogP contribution is -2.35. The van der Waals surface area contributed by atoms with Gasteiger partial charge in [-0.1, -0.05) is 47.1 Å². The molecule has 3 aromatic rings. The molecular weight excluding hydrogens is 360 g/mol. The maximum atomic E-state index is 12.3. The van der Waals surface area contributed by atoms with Crippen LogP contribution >= 0.6 is 0 Å². The van der Waals surface area contributed by atoms with Crippen LogP contribution in [0.4, 0.5) is 0 Å². The molecule has 28 heavy (non-hydrogen) atoms. The van der Waals surface area contributed by atoms with Crippen molar-refractivity contribution in [1.29, 1.82) is 0 Å². The van der Waals surface area contributed by atoms with Crippen molar-refractivity contribution in [2.45, 2.75) is 13.5 Å². The number of aryl methyl sites for hydroxylation is 1. The first-order valence-electron chi connectivity index (χ1n) is 8.66. The predicted molar refractivity (Wildman–Crippen MR) is 98.3 cm³/mol. The van der Waals surface area contributed by atoms with Crippen LogP contribution in [0.2, 0.25) is 0 Å². The molecule has 1 aliphatic heterocycles. The first kappa shape index (κ1) is 17.7. The fourth-order valence-electron chi connectivity index (χ4n) is 2.95. The van der Waals surface area contributed by atoms with Crippen LogP contribution in [0.5, 0.6) is 0 Å². The van der Waals surface area contributed by atoms with Crippen LogP contribution in [0.1, 0.15) is 32.0 Å². The number of nitrogens with zero attached hydrogens (tertiary/aromatic N) is 2. The summed E-state index contributed by atoms with van der Waals surface area (Å²) in [7, 11) is 0. The zero-order valence-corrected chi connectivity index (χ0v) is 15.0. The maximum Gasteiger partial charge on any atom is 0.326 e. The van der Waals surface area contributed by atoms with Crippen LogP contribution in [0.25, 0.3) is 11.3 Å². The lowest BCUT2D eigenvalue weighted by Gasteiger charge is -2.12. The second-order valence-corrected chi connectivity index (χ2v) is 6.45. The molecule has 2 heterocycles. The Morgan fingerprint density at radius 3 is 2.32 bits per heavy atom. The summed E-state index contributed by atoms with van der Waals surface area (Å²) in [5, 5.41) is 3.88. The Hall–Kier alpha value is -3.74. The van der Waals surface area contributed by atoms with Crippen molar-refractivity contribution < 1.29 is 23.6 Å². The molecule has 7 heteroatoms. The van der Waals surface area contributed by atoms with E-state index in [0.717, 1.165) is 16.0 Å². The van der Waals surface area contributed by atoms with Crippen molar-refractivity contribution in [2.24, 2.45) is 0 Å². The number of amides is 2. The molecule has 0 bridgehead atoms. The number of hydrogen-bond donors (Lipinski definition) is 0. The van der Waals surface area contributed by atoms with Crippen molar-refractivity contribution >= 4 is 17.8 Å². The van der Waals surface area contributed by atoms with Crippen molar-refractivity contribution in [1.82, 2.24) is 10.1 Å². The van der Waals surface area contributed by atoms with Gasteiger partial charge in [0.15, 0.2) is 5.76 Å². The highest BCUT2D eigenvalue weighted by Gasteiger charge is 2.36. The smallest absolute Gasteiger partial charge is 0.326 e. The van der Waals surface area contributed by atoms with Gasteiger partial charge in [-0.25, -0.2) is 0 Å². The second kappa shape index (κ2) is 7.11. The monoisotopic (exact) mass is 376 g/mol. The Kier molecular flexibility index (Phi) is 4.49. The van der Waals surface area contributed by atoms with Gasteiger partial charge in [-0.2, -0.15) is 0 Å². The van der Waals surface area contributed by atoms with Crippen LogP contribution in [0.3, 0.4) is 0 Å². The topological polar surface area (TPSA) is 89.7 Å². The van der Waals surface area contributed by atoms with Gasteiger partial charge in [-0.05, 0) is 19.1 Å². The fraction of sp³-hybridized carbons (Fsp3) is 0.143. The van der Waals surface area contributed by atoms with E-state index in [-0.39, 0.29) is 6.61 Å². The number of carbonyl (C=O) groups excluding carboxylic acids is 3. The van der Waals surface area contributed by atoms with Gasteiger partial charge in [-0.3, -0.25) is 19.3 Å². The highest BCUT2D eigenvalue weighted by molar-refractivity contribution is 6.22. The quantitative estimate of drug-likeness (QED) is 0.502. The van der Waals surface area contributed by atoms with E-state index in [1.807, 2.05) is 31.2 Å². The Balaban J connectivity index is 1.36. The summed E-state index contributed by atoms with van der Waals surface area (Å²) in [6.07, 6.45) is 0. The van der Waals surface area contributed by atoms with E-state index in [9.17, 15) is 14.4 Å². The maximum absolute atomic E-state index is 12.3. The molecule has 0 spiro atoms. The molecule has 140 valence electrons. The third kappa shape index (κ3) is 3.29. The van der Waals surface area contributed by atoms with Gasteiger partial charge in [0.05, 0.1) is 11.1 Å². The Morgan fingerprint density at radius 2 is 1.68 bits per heavy atom. The highest BCUT2D eigenvalue weighted by Crippen LogP contribution is 2.23. The van der Waals surface area contributed by atoms with E-state index in [1.54, 1.807) is 30.3 Å². The molecule has 0 N–H and O–H groups in total. The second-order valence-electron chi connectivity index (χ2n) is 6.45. The van der Waals surface area contributed by atoms with Crippen molar-refractivity contribution in [2.75, 3.05) is 6.54 Å². The van der Waals surface area contributed by atoms with E-state index in [4.69, 9.17) is 9.26 Å². The molecule has 1 aliphatic rings. The third-order valence-electron chi connectivity index (χ3n) is 4.44. The molecule has 2 aromatic carbocycles. The number of hydrogen-bond acceptors (Lipinski definition) is 6. The van der Waals surface area contributed by atoms with E-state index >= 15 is 0 Å². The number of fused-ring (bicyclic) bond motifs is 1. The number of ether oxygens (including phenoxy) is 1. The average Bonchev–Trinajstić information content (AvgIpc) is 3.27. The number of esters is 1. The molecule has 7 nitrogen and oxygen atoms in total. The van der Waals surface area contributed by atoms with Crippen LogP contribution < -0.4 is 0 Å². The van der Waals surface area contributed by atoms with Crippen LogP contribution in [-0.2, 0) is 16.1 Å².